The van der Waals surface area contributed by atoms with Crippen LogP contribution in [0.5, 0.6) is 0 Å². The summed E-state index contributed by atoms with van der Waals surface area (Å²) in [7, 11) is 0. The fourth-order valence-electron chi connectivity index (χ4n) is 2.46. The minimum Gasteiger partial charge on any atom is -0.325 e. The van der Waals surface area contributed by atoms with Crippen molar-refractivity contribution in [2.45, 2.75) is 30.3 Å². The van der Waals surface area contributed by atoms with Crippen LogP contribution in [0.15, 0.2) is 47.5 Å². The Morgan fingerprint density at radius 2 is 1.86 bits per heavy atom. The average Bonchev–Trinajstić information content (AvgIpc) is 2.64. The summed E-state index contributed by atoms with van der Waals surface area (Å²) in [5.41, 5.74) is 1.43. The normalized spacial score (nSPS) is 12.8. The van der Waals surface area contributed by atoms with Crippen molar-refractivity contribution in [3.63, 3.8) is 0 Å². The smallest absolute Gasteiger partial charge is 0.325 e. The second-order valence-electron chi connectivity index (χ2n) is 6.03. The monoisotopic (exact) mass is 425 g/mol. The van der Waals surface area contributed by atoms with Gasteiger partial charge in [-0.05, 0) is 37.6 Å². The van der Waals surface area contributed by atoms with E-state index < -0.39 is 17.3 Å². The standard InChI is InChI=1S/C19H15ClF3N3OS/c1-10-13(20)7-5-9-14(10)24-16(27)11(2)28-17-12-6-3-4-8-15(12)25-18(26-17)19(21,22)23/h3-9,11H,1-2H3,(H,24,27). The van der Waals surface area contributed by atoms with Crippen LogP contribution in [0, 0.1) is 6.92 Å². The predicted octanol–water partition coefficient (Wildman–Crippen LogP) is 5.73. The third kappa shape index (κ3) is 4.39. The van der Waals surface area contributed by atoms with Gasteiger partial charge >= 0.3 is 6.18 Å². The third-order valence-electron chi connectivity index (χ3n) is 4.01. The number of amides is 1. The summed E-state index contributed by atoms with van der Waals surface area (Å²) in [6.45, 7) is 3.37. The molecule has 2 aromatic carbocycles. The minimum absolute atomic E-state index is 0.100. The fourth-order valence-corrected chi connectivity index (χ4v) is 3.58. The quantitative estimate of drug-likeness (QED) is 0.428. The van der Waals surface area contributed by atoms with E-state index in [1.165, 1.54) is 6.07 Å². The number of para-hydroxylation sites is 1. The molecule has 3 rings (SSSR count). The molecule has 3 aromatic rings. The largest absolute Gasteiger partial charge is 0.451 e. The fraction of sp³-hybridized carbons (Fsp3) is 0.211. The van der Waals surface area contributed by atoms with Crippen LogP contribution in [-0.4, -0.2) is 21.1 Å². The Labute approximate surface area is 168 Å². The van der Waals surface area contributed by atoms with Gasteiger partial charge in [-0.15, -0.1) is 0 Å². The van der Waals surface area contributed by atoms with E-state index in [1.54, 1.807) is 50.2 Å². The van der Waals surface area contributed by atoms with Gasteiger partial charge in [0.1, 0.15) is 5.03 Å². The summed E-state index contributed by atoms with van der Waals surface area (Å²) in [6, 6.07) is 11.5. The molecule has 1 atom stereocenters. The first kappa shape index (κ1) is 20.4. The summed E-state index contributed by atoms with van der Waals surface area (Å²) >= 11 is 7.00. The molecule has 0 aliphatic heterocycles. The molecule has 0 aliphatic rings. The lowest BCUT2D eigenvalue weighted by Gasteiger charge is -2.15. The number of halogens is 4. The highest BCUT2D eigenvalue weighted by molar-refractivity contribution is 8.00. The van der Waals surface area contributed by atoms with Crippen LogP contribution < -0.4 is 5.32 Å². The van der Waals surface area contributed by atoms with Crippen LogP contribution in [0.4, 0.5) is 18.9 Å². The van der Waals surface area contributed by atoms with Crippen molar-refractivity contribution in [2.75, 3.05) is 5.32 Å². The number of hydrogen-bond donors (Lipinski definition) is 1. The van der Waals surface area contributed by atoms with Gasteiger partial charge in [0.25, 0.3) is 0 Å². The number of aromatic nitrogens is 2. The van der Waals surface area contributed by atoms with Crippen LogP contribution in [0.2, 0.25) is 5.02 Å². The second kappa shape index (κ2) is 7.97. The van der Waals surface area contributed by atoms with E-state index in [2.05, 4.69) is 15.3 Å². The number of carbonyl (C=O) groups excluding carboxylic acids is 1. The zero-order valence-electron chi connectivity index (χ0n) is 14.8. The number of hydrogen-bond acceptors (Lipinski definition) is 4. The lowest BCUT2D eigenvalue weighted by atomic mass is 10.2. The highest BCUT2D eigenvalue weighted by atomic mass is 35.5. The van der Waals surface area contributed by atoms with Crippen molar-refractivity contribution in [1.29, 1.82) is 0 Å². The molecule has 28 heavy (non-hydrogen) atoms. The van der Waals surface area contributed by atoms with Crippen LogP contribution in [0.1, 0.15) is 18.3 Å². The lowest BCUT2D eigenvalue weighted by Crippen LogP contribution is -2.23. The van der Waals surface area contributed by atoms with Crippen LogP contribution in [-0.2, 0) is 11.0 Å². The molecule has 0 radical (unpaired) electrons. The van der Waals surface area contributed by atoms with Gasteiger partial charge in [0.05, 0.1) is 10.8 Å². The Hall–Kier alpha value is -2.32. The van der Waals surface area contributed by atoms with Gasteiger partial charge in [0.15, 0.2) is 0 Å². The van der Waals surface area contributed by atoms with Gasteiger partial charge in [-0.2, -0.15) is 13.2 Å². The summed E-state index contributed by atoms with van der Waals surface area (Å²) in [4.78, 5) is 19.8. The lowest BCUT2D eigenvalue weighted by molar-refractivity contribution is -0.145. The minimum atomic E-state index is -4.68. The molecule has 4 nitrogen and oxygen atoms in total. The first-order valence-electron chi connectivity index (χ1n) is 8.23. The van der Waals surface area contributed by atoms with E-state index >= 15 is 0 Å². The Bertz CT molecular complexity index is 1040. The topological polar surface area (TPSA) is 54.9 Å². The first-order chi connectivity index (χ1) is 13.2. The van der Waals surface area contributed by atoms with Crippen molar-refractivity contribution in [3.8, 4) is 0 Å². The summed E-state index contributed by atoms with van der Waals surface area (Å²) < 4.78 is 39.4. The summed E-state index contributed by atoms with van der Waals surface area (Å²) in [5.74, 6) is -1.60. The maximum atomic E-state index is 13.1. The number of nitrogens with zero attached hydrogens (tertiary/aromatic N) is 2. The van der Waals surface area contributed by atoms with E-state index in [4.69, 9.17) is 11.6 Å². The molecule has 0 saturated heterocycles. The SMILES string of the molecule is Cc1c(Cl)cccc1NC(=O)C(C)Sc1nc(C(F)(F)F)nc2ccccc12. The van der Waals surface area contributed by atoms with Crippen LogP contribution in [0.25, 0.3) is 10.9 Å². The number of nitrogens with one attached hydrogen (secondary N) is 1. The first-order valence-corrected chi connectivity index (χ1v) is 9.49. The Morgan fingerprint density at radius 1 is 1.14 bits per heavy atom. The van der Waals surface area contributed by atoms with Crippen molar-refractivity contribution in [2.24, 2.45) is 0 Å². The molecule has 0 spiro atoms. The molecule has 1 aromatic heterocycles. The van der Waals surface area contributed by atoms with Gasteiger partial charge in [-0.1, -0.05) is 47.6 Å². The van der Waals surface area contributed by atoms with Gasteiger partial charge in [0.2, 0.25) is 11.7 Å². The van der Waals surface area contributed by atoms with Crippen molar-refractivity contribution in [1.82, 2.24) is 9.97 Å². The van der Waals surface area contributed by atoms with E-state index in [1.807, 2.05) is 0 Å². The number of fused-ring (bicyclic) bond motifs is 1. The molecule has 1 unspecified atom stereocenters. The molecular weight excluding hydrogens is 411 g/mol. The number of rotatable bonds is 4. The van der Waals surface area contributed by atoms with E-state index in [0.717, 1.165) is 11.8 Å². The third-order valence-corrected chi connectivity index (χ3v) is 5.52. The molecule has 146 valence electrons. The van der Waals surface area contributed by atoms with E-state index in [9.17, 15) is 18.0 Å². The Kier molecular flexibility index (Phi) is 5.81. The molecule has 0 bridgehead atoms. The second-order valence-corrected chi connectivity index (χ2v) is 7.77. The number of thioether (sulfide) groups is 1. The van der Waals surface area contributed by atoms with Gasteiger partial charge < -0.3 is 5.32 Å². The van der Waals surface area contributed by atoms with Crippen LogP contribution in [0.3, 0.4) is 0 Å². The highest BCUT2D eigenvalue weighted by Gasteiger charge is 2.36. The average molecular weight is 426 g/mol. The molecule has 1 N–H and O–H groups in total. The summed E-state index contributed by atoms with van der Waals surface area (Å²) in [5, 5.41) is 3.12. The zero-order valence-corrected chi connectivity index (χ0v) is 16.4. The Balaban J connectivity index is 1.89. The van der Waals surface area contributed by atoms with Gasteiger partial charge in [0, 0.05) is 16.1 Å². The zero-order chi connectivity index (χ0) is 20.5. The Morgan fingerprint density at radius 3 is 2.57 bits per heavy atom. The number of alkyl halides is 3. The van der Waals surface area contributed by atoms with Crippen LogP contribution >= 0.6 is 23.4 Å². The molecular formula is C19H15ClF3N3OS. The highest BCUT2D eigenvalue weighted by Crippen LogP contribution is 2.34. The van der Waals surface area contributed by atoms with Crippen molar-refractivity contribution < 1.29 is 18.0 Å². The summed E-state index contributed by atoms with van der Waals surface area (Å²) in [6.07, 6.45) is -4.68. The maximum Gasteiger partial charge on any atom is 0.451 e. The van der Waals surface area contributed by atoms with E-state index in [0.29, 0.717) is 21.7 Å². The number of benzene rings is 2. The van der Waals surface area contributed by atoms with Crippen molar-refractivity contribution in [3.05, 3.63) is 58.9 Å². The van der Waals surface area contributed by atoms with E-state index in [-0.39, 0.29) is 16.4 Å². The molecule has 9 heteroatoms. The maximum absolute atomic E-state index is 13.1. The molecule has 1 heterocycles. The molecule has 0 aliphatic carbocycles. The molecule has 0 saturated carbocycles. The number of carbonyl (C=O) groups is 1. The predicted molar refractivity (Wildman–Crippen MR) is 105 cm³/mol. The number of anilines is 1. The van der Waals surface area contributed by atoms with Gasteiger partial charge in [-0.25, -0.2) is 9.97 Å². The molecule has 1 amide bonds. The van der Waals surface area contributed by atoms with Crippen molar-refractivity contribution >= 4 is 45.9 Å². The van der Waals surface area contributed by atoms with Gasteiger partial charge in [-0.3, -0.25) is 4.79 Å². The molecule has 0 fully saturated rings.